The minimum atomic E-state index is -3.70. The molecule has 1 aliphatic heterocycles. The standard InChI is InChI=1S/C18H27ClN4O4S/c1-14(2)21-17(24)13-22-8-10-23(11-9-22)18(25)6-7-20-28(26,27)16-5-3-4-15(19)12-16/h3-5,12,14,20H,6-11,13H2,1-2H3,(H,21,24). The van der Waals surface area contributed by atoms with Crippen LogP contribution in [0.4, 0.5) is 0 Å². The van der Waals surface area contributed by atoms with Crippen molar-refractivity contribution in [3.05, 3.63) is 29.3 Å². The molecule has 2 amide bonds. The highest BCUT2D eigenvalue weighted by Crippen LogP contribution is 2.15. The number of rotatable bonds is 8. The van der Waals surface area contributed by atoms with Crippen LogP contribution in [0.2, 0.25) is 5.02 Å². The number of sulfonamides is 1. The van der Waals surface area contributed by atoms with Gasteiger partial charge >= 0.3 is 0 Å². The lowest BCUT2D eigenvalue weighted by Gasteiger charge is -2.34. The maximum Gasteiger partial charge on any atom is 0.240 e. The van der Waals surface area contributed by atoms with Crippen LogP contribution >= 0.6 is 11.6 Å². The maximum atomic E-state index is 12.3. The van der Waals surface area contributed by atoms with E-state index in [4.69, 9.17) is 11.6 Å². The SMILES string of the molecule is CC(C)NC(=O)CN1CCN(C(=O)CCNS(=O)(=O)c2cccc(Cl)c2)CC1. The lowest BCUT2D eigenvalue weighted by molar-refractivity contribution is -0.133. The van der Waals surface area contributed by atoms with Crippen LogP contribution in [0, 0.1) is 0 Å². The first-order chi connectivity index (χ1) is 13.2. The number of carbonyl (C=O) groups is 2. The highest BCUT2D eigenvalue weighted by molar-refractivity contribution is 7.89. The Morgan fingerprint density at radius 3 is 2.46 bits per heavy atom. The Hall–Kier alpha value is -1.68. The van der Waals surface area contributed by atoms with Crippen molar-refractivity contribution in [2.45, 2.75) is 31.2 Å². The molecule has 156 valence electrons. The van der Waals surface area contributed by atoms with E-state index in [-0.39, 0.29) is 35.7 Å². The summed E-state index contributed by atoms with van der Waals surface area (Å²) < 4.78 is 26.9. The molecule has 1 aromatic carbocycles. The summed E-state index contributed by atoms with van der Waals surface area (Å²) in [6, 6.07) is 6.07. The van der Waals surface area contributed by atoms with Gasteiger partial charge < -0.3 is 10.2 Å². The lowest BCUT2D eigenvalue weighted by Crippen LogP contribution is -2.51. The molecule has 8 nitrogen and oxygen atoms in total. The lowest BCUT2D eigenvalue weighted by atomic mass is 10.2. The highest BCUT2D eigenvalue weighted by atomic mass is 35.5. The summed E-state index contributed by atoms with van der Waals surface area (Å²) in [5, 5.41) is 3.18. The van der Waals surface area contributed by atoms with E-state index in [1.807, 2.05) is 18.7 Å². The van der Waals surface area contributed by atoms with E-state index in [9.17, 15) is 18.0 Å². The van der Waals surface area contributed by atoms with Crippen molar-refractivity contribution in [2.24, 2.45) is 0 Å². The average molecular weight is 431 g/mol. The number of piperazine rings is 1. The van der Waals surface area contributed by atoms with Crippen LogP contribution in [0.15, 0.2) is 29.2 Å². The van der Waals surface area contributed by atoms with Crippen LogP contribution in [0.3, 0.4) is 0 Å². The summed E-state index contributed by atoms with van der Waals surface area (Å²) in [5.41, 5.74) is 0. The third-order valence-corrected chi connectivity index (χ3v) is 5.97. The molecule has 28 heavy (non-hydrogen) atoms. The molecule has 0 aliphatic carbocycles. The number of benzene rings is 1. The molecule has 1 aromatic rings. The summed E-state index contributed by atoms with van der Waals surface area (Å²) in [6.07, 6.45) is 0.0770. The molecule has 0 atom stereocenters. The van der Waals surface area contributed by atoms with Crippen molar-refractivity contribution in [3.8, 4) is 0 Å². The van der Waals surface area contributed by atoms with E-state index in [0.29, 0.717) is 37.7 Å². The Balaban J connectivity index is 1.74. The molecule has 0 radical (unpaired) electrons. The fourth-order valence-corrected chi connectivity index (χ4v) is 4.23. The monoisotopic (exact) mass is 430 g/mol. The first-order valence-corrected chi connectivity index (χ1v) is 11.1. The van der Waals surface area contributed by atoms with Crippen LogP contribution in [-0.4, -0.2) is 75.3 Å². The summed E-state index contributed by atoms with van der Waals surface area (Å²) >= 11 is 5.82. The number of nitrogens with zero attached hydrogens (tertiary/aromatic N) is 2. The van der Waals surface area contributed by atoms with Gasteiger partial charge in [-0.25, -0.2) is 13.1 Å². The zero-order chi connectivity index (χ0) is 20.7. The molecule has 1 saturated heterocycles. The Labute approximate surface area is 171 Å². The molecule has 0 saturated carbocycles. The van der Waals surface area contributed by atoms with Gasteiger partial charge in [-0.15, -0.1) is 0 Å². The van der Waals surface area contributed by atoms with Gasteiger partial charge in [0.25, 0.3) is 0 Å². The smallest absolute Gasteiger partial charge is 0.240 e. The van der Waals surface area contributed by atoms with Gasteiger partial charge in [-0.3, -0.25) is 14.5 Å². The Bertz CT molecular complexity index is 793. The van der Waals surface area contributed by atoms with Gasteiger partial charge in [0.15, 0.2) is 0 Å². The zero-order valence-electron chi connectivity index (χ0n) is 16.2. The number of nitrogens with one attached hydrogen (secondary N) is 2. The largest absolute Gasteiger partial charge is 0.353 e. The molecule has 0 bridgehead atoms. The molecule has 2 N–H and O–H groups in total. The molecule has 1 fully saturated rings. The van der Waals surface area contributed by atoms with Gasteiger partial charge in [-0.05, 0) is 32.0 Å². The summed E-state index contributed by atoms with van der Waals surface area (Å²) in [4.78, 5) is 27.9. The third kappa shape index (κ3) is 7.05. The first kappa shape index (κ1) is 22.6. The number of amides is 2. The molecule has 1 aliphatic rings. The van der Waals surface area contributed by atoms with Gasteiger partial charge in [0, 0.05) is 50.2 Å². The molecule has 10 heteroatoms. The van der Waals surface area contributed by atoms with Gasteiger partial charge in [-0.1, -0.05) is 17.7 Å². The number of halogens is 1. The van der Waals surface area contributed by atoms with E-state index >= 15 is 0 Å². The first-order valence-electron chi connectivity index (χ1n) is 9.22. The van der Waals surface area contributed by atoms with Crippen molar-refractivity contribution in [1.29, 1.82) is 0 Å². The fraction of sp³-hybridized carbons (Fsp3) is 0.556. The Kier molecular flexibility index (Phi) is 8.23. The molecular weight excluding hydrogens is 404 g/mol. The fourth-order valence-electron chi connectivity index (χ4n) is 2.89. The second kappa shape index (κ2) is 10.2. The van der Waals surface area contributed by atoms with Crippen molar-refractivity contribution < 1.29 is 18.0 Å². The molecular formula is C18H27ClN4O4S. The van der Waals surface area contributed by atoms with E-state index < -0.39 is 10.0 Å². The topological polar surface area (TPSA) is 98.8 Å². The molecule has 0 aromatic heterocycles. The van der Waals surface area contributed by atoms with Crippen LogP contribution in [-0.2, 0) is 19.6 Å². The molecule has 1 heterocycles. The van der Waals surface area contributed by atoms with Gasteiger partial charge in [-0.2, -0.15) is 0 Å². The van der Waals surface area contributed by atoms with Crippen molar-refractivity contribution >= 4 is 33.4 Å². The number of hydrogen-bond donors (Lipinski definition) is 2. The molecule has 2 rings (SSSR count). The van der Waals surface area contributed by atoms with Gasteiger partial charge in [0.1, 0.15) is 0 Å². The van der Waals surface area contributed by atoms with Crippen LogP contribution in [0.1, 0.15) is 20.3 Å². The van der Waals surface area contributed by atoms with Crippen molar-refractivity contribution in [2.75, 3.05) is 39.3 Å². The number of hydrogen-bond acceptors (Lipinski definition) is 5. The van der Waals surface area contributed by atoms with E-state index in [2.05, 4.69) is 10.0 Å². The van der Waals surface area contributed by atoms with E-state index in [1.54, 1.807) is 17.0 Å². The van der Waals surface area contributed by atoms with Crippen LogP contribution in [0.25, 0.3) is 0 Å². The van der Waals surface area contributed by atoms with Gasteiger partial charge in [0.05, 0.1) is 11.4 Å². The van der Waals surface area contributed by atoms with Crippen LogP contribution in [0.5, 0.6) is 0 Å². The van der Waals surface area contributed by atoms with Crippen molar-refractivity contribution in [1.82, 2.24) is 19.8 Å². The van der Waals surface area contributed by atoms with Gasteiger partial charge in [0.2, 0.25) is 21.8 Å². The predicted octanol–water partition coefficient (Wildman–Crippen LogP) is 0.677. The maximum absolute atomic E-state index is 12.3. The summed E-state index contributed by atoms with van der Waals surface area (Å²) in [7, 11) is -3.70. The van der Waals surface area contributed by atoms with Crippen molar-refractivity contribution in [3.63, 3.8) is 0 Å². The zero-order valence-corrected chi connectivity index (χ0v) is 17.7. The second-order valence-corrected chi connectivity index (χ2v) is 9.19. The third-order valence-electron chi connectivity index (χ3n) is 4.28. The van der Waals surface area contributed by atoms with E-state index in [0.717, 1.165) is 0 Å². The normalized spacial score (nSPS) is 15.6. The van der Waals surface area contributed by atoms with E-state index in [1.165, 1.54) is 12.1 Å². The second-order valence-electron chi connectivity index (χ2n) is 6.98. The van der Waals surface area contributed by atoms with Crippen LogP contribution < -0.4 is 10.0 Å². The molecule has 0 unspecified atom stereocenters. The number of carbonyl (C=O) groups excluding carboxylic acids is 2. The summed E-state index contributed by atoms with van der Waals surface area (Å²) in [5.74, 6) is -0.134. The minimum Gasteiger partial charge on any atom is -0.353 e. The minimum absolute atomic E-state index is 0.0185. The quantitative estimate of drug-likeness (QED) is 0.631. The Morgan fingerprint density at radius 1 is 1.18 bits per heavy atom. The predicted molar refractivity (Wildman–Crippen MR) is 108 cm³/mol. The summed E-state index contributed by atoms with van der Waals surface area (Å²) in [6.45, 7) is 6.44. The average Bonchev–Trinajstić information content (AvgIpc) is 2.61. The molecule has 0 spiro atoms. The highest BCUT2D eigenvalue weighted by Gasteiger charge is 2.23. The Morgan fingerprint density at radius 2 is 1.86 bits per heavy atom.